The summed E-state index contributed by atoms with van der Waals surface area (Å²) in [5, 5.41) is 11.4. The Hall–Kier alpha value is -1.30. The normalized spacial score (nSPS) is 20.2. The minimum atomic E-state index is -0.797. The summed E-state index contributed by atoms with van der Waals surface area (Å²) in [5.41, 5.74) is 0. The third kappa shape index (κ3) is 6.75. The van der Waals surface area contributed by atoms with Crippen LogP contribution in [0.3, 0.4) is 0 Å². The summed E-state index contributed by atoms with van der Waals surface area (Å²) in [6.07, 6.45) is 4.13. The molecule has 0 aromatic carbocycles. The average molecular weight is 286 g/mol. The predicted octanol–water partition coefficient (Wildman–Crippen LogP) is 1.70. The number of hydrogen-bond donors (Lipinski definition) is 2. The lowest BCUT2D eigenvalue weighted by Gasteiger charge is -2.27. The van der Waals surface area contributed by atoms with Crippen molar-refractivity contribution >= 4 is 12.0 Å². The van der Waals surface area contributed by atoms with Crippen molar-refractivity contribution in [1.82, 2.24) is 10.2 Å². The van der Waals surface area contributed by atoms with Gasteiger partial charge in [-0.3, -0.25) is 4.79 Å². The van der Waals surface area contributed by atoms with Gasteiger partial charge in [0.05, 0.1) is 6.10 Å². The zero-order valence-corrected chi connectivity index (χ0v) is 12.4. The number of carboxylic acid groups (broad SMARTS) is 1. The third-order valence-electron chi connectivity index (χ3n) is 3.55. The number of carbonyl (C=O) groups is 2. The average Bonchev–Trinajstić information content (AvgIpc) is 2.43. The highest BCUT2D eigenvalue weighted by Crippen LogP contribution is 2.13. The maximum atomic E-state index is 11.9. The Bertz CT molecular complexity index is 316. The van der Waals surface area contributed by atoms with E-state index in [9.17, 15) is 9.59 Å². The molecule has 0 spiro atoms. The smallest absolute Gasteiger partial charge is 0.317 e. The number of hydrogen-bond acceptors (Lipinski definition) is 3. The van der Waals surface area contributed by atoms with Gasteiger partial charge in [0, 0.05) is 33.2 Å². The third-order valence-corrected chi connectivity index (χ3v) is 3.55. The molecule has 1 heterocycles. The first-order valence-corrected chi connectivity index (χ1v) is 7.31. The van der Waals surface area contributed by atoms with Gasteiger partial charge >= 0.3 is 12.0 Å². The molecule has 1 fully saturated rings. The first-order valence-electron chi connectivity index (χ1n) is 7.31. The van der Waals surface area contributed by atoms with Crippen LogP contribution < -0.4 is 5.32 Å². The van der Waals surface area contributed by atoms with Crippen molar-refractivity contribution < 1.29 is 19.4 Å². The quantitative estimate of drug-likeness (QED) is 0.746. The van der Waals surface area contributed by atoms with Crippen LogP contribution in [0.15, 0.2) is 0 Å². The number of rotatable bonds is 7. The molecule has 2 unspecified atom stereocenters. The van der Waals surface area contributed by atoms with Crippen LogP contribution in [0.2, 0.25) is 0 Å². The molecule has 1 saturated heterocycles. The molecule has 2 N–H and O–H groups in total. The lowest BCUT2D eigenvalue weighted by atomic mass is 10.1. The highest BCUT2D eigenvalue weighted by atomic mass is 16.5. The number of amides is 2. The molecule has 20 heavy (non-hydrogen) atoms. The van der Waals surface area contributed by atoms with Gasteiger partial charge in [-0.1, -0.05) is 6.92 Å². The van der Waals surface area contributed by atoms with Crippen LogP contribution in [0, 0.1) is 5.92 Å². The van der Waals surface area contributed by atoms with Crippen LogP contribution in [0.25, 0.3) is 0 Å². The summed E-state index contributed by atoms with van der Waals surface area (Å²) in [6.45, 7) is 3.83. The Kier molecular flexibility index (Phi) is 7.36. The first-order chi connectivity index (χ1) is 9.49. The fourth-order valence-electron chi connectivity index (χ4n) is 2.21. The van der Waals surface area contributed by atoms with Crippen molar-refractivity contribution in [3.8, 4) is 0 Å². The highest BCUT2D eigenvalue weighted by Gasteiger charge is 2.19. The number of carbonyl (C=O) groups excluding carboxylic acids is 1. The van der Waals surface area contributed by atoms with Crippen molar-refractivity contribution in [1.29, 1.82) is 0 Å². The number of likely N-dealkylation sites (N-methyl/N-ethyl adjacent to an activating group) is 1. The lowest BCUT2D eigenvalue weighted by Crippen LogP contribution is -2.43. The molecule has 2 atom stereocenters. The van der Waals surface area contributed by atoms with E-state index in [1.165, 1.54) is 0 Å². The highest BCUT2D eigenvalue weighted by molar-refractivity contribution is 5.73. The summed E-state index contributed by atoms with van der Waals surface area (Å²) in [7, 11) is 1.76. The van der Waals surface area contributed by atoms with E-state index >= 15 is 0 Å². The van der Waals surface area contributed by atoms with Crippen molar-refractivity contribution in [2.75, 3.05) is 26.7 Å². The minimum absolute atomic E-state index is 0.124. The SMILES string of the molecule is CC(CCC(=O)O)CNC(=O)N(C)CC1CCCCO1. The van der Waals surface area contributed by atoms with Gasteiger partial charge in [0.25, 0.3) is 0 Å². The predicted molar refractivity (Wildman–Crippen MR) is 75.7 cm³/mol. The number of carboxylic acids is 1. The minimum Gasteiger partial charge on any atom is -0.481 e. The fourth-order valence-corrected chi connectivity index (χ4v) is 2.21. The largest absolute Gasteiger partial charge is 0.481 e. The monoisotopic (exact) mass is 286 g/mol. The van der Waals surface area contributed by atoms with Crippen LogP contribution in [0.5, 0.6) is 0 Å². The van der Waals surface area contributed by atoms with E-state index in [0.29, 0.717) is 19.5 Å². The summed E-state index contributed by atoms with van der Waals surface area (Å²) in [5.74, 6) is -0.635. The molecule has 116 valence electrons. The topological polar surface area (TPSA) is 78.9 Å². The van der Waals surface area contributed by atoms with E-state index < -0.39 is 5.97 Å². The molecular formula is C14H26N2O4. The number of nitrogens with zero attached hydrogens (tertiary/aromatic N) is 1. The van der Waals surface area contributed by atoms with E-state index in [1.807, 2.05) is 6.92 Å². The molecule has 1 rings (SSSR count). The summed E-state index contributed by atoms with van der Waals surface area (Å²) in [6, 6.07) is -0.124. The fraction of sp³-hybridized carbons (Fsp3) is 0.857. The summed E-state index contributed by atoms with van der Waals surface area (Å²) in [4.78, 5) is 24.0. The van der Waals surface area contributed by atoms with Gasteiger partial charge in [0.2, 0.25) is 0 Å². The van der Waals surface area contributed by atoms with Crippen molar-refractivity contribution in [2.45, 2.75) is 45.1 Å². The van der Waals surface area contributed by atoms with Gasteiger partial charge in [0.15, 0.2) is 0 Å². The molecule has 2 amide bonds. The lowest BCUT2D eigenvalue weighted by molar-refractivity contribution is -0.137. The van der Waals surface area contributed by atoms with Gasteiger partial charge in [-0.15, -0.1) is 0 Å². The maximum absolute atomic E-state index is 11.9. The zero-order chi connectivity index (χ0) is 15.0. The Morgan fingerprint density at radius 3 is 2.80 bits per heavy atom. The second kappa shape index (κ2) is 8.79. The van der Waals surface area contributed by atoms with Crippen molar-refractivity contribution in [3.63, 3.8) is 0 Å². The zero-order valence-electron chi connectivity index (χ0n) is 12.4. The molecule has 0 radical (unpaired) electrons. The summed E-state index contributed by atoms with van der Waals surface area (Å²) >= 11 is 0. The van der Waals surface area contributed by atoms with Crippen LogP contribution in [0.4, 0.5) is 4.79 Å². The molecule has 1 aliphatic rings. The molecule has 6 nitrogen and oxygen atoms in total. The molecule has 0 aromatic rings. The van der Waals surface area contributed by atoms with Gasteiger partial charge in [-0.25, -0.2) is 4.79 Å². The van der Waals surface area contributed by atoms with E-state index in [4.69, 9.17) is 9.84 Å². The molecule has 0 aliphatic carbocycles. The van der Waals surface area contributed by atoms with Crippen LogP contribution in [0.1, 0.15) is 39.0 Å². The van der Waals surface area contributed by atoms with Gasteiger partial charge in [-0.2, -0.15) is 0 Å². The van der Waals surface area contributed by atoms with Gasteiger partial charge < -0.3 is 20.1 Å². The second-order valence-electron chi connectivity index (χ2n) is 5.59. The molecule has 0 saturated carbocycles. The van der Waals surface area contributed by atoms with Crippen molar-refractivity contribution in [3.05, 3.63) is 0 Å². The Labute approximate surface area is 120 Å². The number of ether oxygens (including phenoxy) is 1. The molecular weight excluding hydrogens is 260 g/mol. The Morgan fingerprint density at radius 2 is 2.20 bits per heavy atom. The van der Waals surface area contributed by atoms with E-state index in [-0.39, 0.29) is 24.5 Å². The second-order valence-corrected chi connectivity index (χ2v) is 5.59. The van der Waals surface area contributed by atoms with Crippen LogP contribution in [-0.4, -0.2) is 54.9 Å². The number of urea groups is 1. The molecule has 0 bridgehead atoms. The van der Waals surface area contributed by atoms with E-state index in [1.54, 1.807) is 11.9 Å². The Morgan fingerprint density at radius 1 is 1.45 bits per heavy atom. The maximum Gasteiger partial charge on any atom is 0.317 e. The van der Waals surface area contributed by atoms with E-state index in [2.05, 4.69) is 5.32 Å². The summed E-state index contributed by atoms with van der Waals surface area (Å²) < 4.78 is 5.60. The molecule has 6 heteroatoms. The Balaban J connectivity index is 2.18. The first kappa shape index (κ1) is 16.8. The molecule has 1 aliphatic heterocycles. The number of nitrogens with one attached hydrogen (secondary N) is 1. The number of aliphatic carboxylic acids is 1. The van der Waals surface area contributed by atoms with Crippen LogP contribution in [-0.2, 0) is 9.53 Å². The molecule has 0 aromatic heterocycles. The van der Waals surface area contributed by atoms with Gasteiger partial charge in [0.1, 0.15) is 0 Å². The van der Waals surface area contributed by atoms with Gasteiger partial charge in [-0.05, 0) is 31.6 Å². The standard InChI is InChI=1S/C14H26N2O4/c1-11(6-7-13(17)18)9-15-14(19)16(2)10-12-5-3-4-8-20-12/h11-12H,3-10H2,1-2H3,(H,15,19)(H,17,18). The van der Waals surface area contributed by atoms with Crippen molar-refractivity contribution in [2.24, 2.45) is 5.92 Å². The van der Waals surface area contributed by atoms with Crippen LogP contribution >= 0.6 is 0 Å². The van der Waals surface area contributed by atoms with E-state index in [0.717, 1.165) is 25.9 Å².